The molecule has 3 aromatic carbocycles. The SMILES string of the molecule is O=C(N/N=C\c1ccc(F)cc1)c1ccc([C@@H]2SCC(=O)N2CCc2ccccc2)cc1. The van der Waals surface area contributed by atoms with E-state index in [0.717, 1.165) is 12.0 Å². The van der Waals surface area contributed by atoms with E-state index in [2.05, 4.69) is 22.7 Å². The van der Waals surface area contributed by atoms with Gasteiger partial charge in [-0.1, -0.05) is 54.6 Å². The summed E-state index contributed by atoms with van der Waals surface area (Å²) in [6.07, 6.45) is 2.26. The van der Waals surface area contributed by atoms with E-state index in [1.807, 2.05) is 35.2 Å². The van der Waals surface area contributed by atoms with E-state index in [4.69, 9.17) is 0 Å². The lowest BCUT2D eigenvalue weighted by Crippen LogP contribution is -2.30. The molecule has 1 N–H and O–H groups in total. The Morgan fingerprint density at radius 3 is 2.50 bits per heavy atom. The van der Waals surface area contributed by atoms with E-state index in [9.17, 15) is 14.0 Å². The molecule has 0 unspecified atom stereocenters. The third kappa shape index (κ3) is 5.42. The van der Waals surface area contributed by atoms with Gasteiger partial charge in [0.05, 0.1) is 12.0 Å². The topological polar surface area (TPSA) is 61.8 Å². The van der Waals surface area contributed by atoms with E-state index in [1.165, 1.54) is 23.9 Å². The predicted molar refractivity (Wildman–Crippen MR) is 125 cm³/mol. The van der Waals surface area contributed by atoms with E-state index >= 15 is 0 Å². The maximum Gasteiger partial charge on any atom is 0.271 e. The summed E-state index contributed by atoms with van der Waals surface area (Å²) < 4.78 is 12.9. The Morgan fingerprint density at radius 1 is 1.06 bits per heavy atom. The summed E-state index contributed by atoms with van der Waals surface area (Å²) in [5, 5.41) is 3.86. The summed E-state index contributed by atoms with van der Waals surface area (Å²) in [4.78, 5) is 26.7. The molecule has 5 nitrogen and oxygen atoms in total. The molecule has 0 radical (unpaired) electrons. The monoisotopic (exact) mass is 447 g/mol. The molecule has 0 saturated carbocycles. The van der Waals surface area contributed by atoms with Crippen molar-refractivity contribution < 1.29 is 14.0 Å². The van der Waals surface area contributed by atoms with Gasteiger partial charge in [0.1, 0.15) is 11.2 Å². The quantitative estimate of drug-likeness (QED) is 0.431. The largest absolute Gasteiger partial charge is 0.326 e. The first-order valence-electron chi connectivity index (χ1n) is 10.2. The van der Waals surface area contributed by atoms with Gasteiger partial charge in [-0.2, -0.15) is 5.10 Å². The zero-order valence-corrected chi connectivity index (χ0v) is 18.1. The molecule has 1 saturated heterocycles. The summed E-state index contributed by atoms with van der Waals surface area (Å²) in [6, 6.07) is 23.1. The minimum absolute atomic E-state index is 0.0557. The summed E-state index contributed by atoms with van der Waals surface area (Å²) in [5.74, 6) is -0.0781. The molecule has 1 aliphatic heterocycles. The Labute approximate surface area is 190 Å². The number of halogens is 1. The summed E-state index contributed by atoms with van der Waals surface area (Å²) in [6.45, 7) is 0.654. The van der Waals surface area contributed by atoms with Gasteiger partial charge in [0.2, 0.25) is 5.91 Å². The molecule has 32 heavy (non-hydrogen) atoms. The van der Waals surface area contributed by atoms with Gasteiger partial charge >= 0.3 is 0 Å². The van der Waals surface area contributed by atoms with Crippen LogP contribution in [0.25, 0.3) is 0 Å². The number of rotatable bonds is 7. The first kappa shape index (κ1) is 21.8. The number of thioether (sulfide) groups is 1. The highest BCUT2D eigenvalue weighted by atomic mass is 32.2. The Balaban J connectivity index is 1.36. The molecule has 1 atom stereocenters. The van der Waals surface area contributed by atoms with Gasteiger partial charge in [0, 0.05) is 12.1 Å². The van der Waals surface area contributed by atoms with Crippen molar-refractivity contribution in [1.82, 2.24) is 10.3 Å². The minimum atomic E-state index is -0.342. The van der Waals surface area contributed by atoms with Crippen molar-refractivity contribution in [2.45, 2.75) is 11.8 Å². The number of hydrogen-bond donors (Lipinski definition) is 1. The van der Waals surface area contributed by atoms with Crippen molar-refractivity contribution in [3.05, 3.63) is 107 Å². The van der Waals surface area contributed by atoms with E-state index in [-0.39, 0.29) is 23.0 Å². The fourth-order valence-electron chi connectivity index (χ4n) is 3.44. The summed E-state index contributed by atoms with van der Waals surface area (Å²) in [5.41, 5.74) is 5.81. The maximum absolute atomic E-state index is 12.9. The van der Waals surface area contributed by atoms with Crippen LogP contribution in [-0.4, -0.2) is 35.2 Å². The zero-order chi connectivity index (χ0) is 22.3. The van der Waals surface area contributed by atoms with Crippen LogP contribution in [0, 0.1) is 5.82 Å². The molecular weight excluding hydrogens is 425 g/mol. The lowest BCUT2D eigenvalue weighted by molar-refractivity contribution is -0.128. The molecule has 2 amide bonds. The number of benzene rings is 3. The average Bonchev–Trinajstić information content (AvgIpc) is 3.20. The highest BCUT2D eigenvalue weighted by Gasteiger charge is 2.32. The smallest absolute Gasteiger partial charge is 0.271 e. The van der Waals surface area contributed by atoms with Gasteiger partial charge in [-0.15, -0.1) is 11.8 Å². The van der Waals surface area contributed by atoms with Gasteiger partial charge in [-0.3, -0.25) is 9.59 Å². The van der Waals surface area contributed by atoms with E-state index in [0.29, 0.717) is 23.4 Å². The maximum atomic E-state index is 12.9. The number of nitrogens with zero attached hydrogens (tertiary/aromatic N) is 2. The van der Waals surface area contributed by atoms with Crippen molar-refractivity contribution in [1.29, 1.82) is 0 Å². The fraction of sp³-hybridized carbons (Fsp3) is 0.160. The van der Waals surface area contributed by atoms with E-state index in [1.54, 1.807) is 36.0 Å². The highest BCUT2D eigenvalue weighted by molar-refractivity contribution is 8.00. The van der Waals surface area contributed by atoms with Crippen LogP contribution in [0.5, 0.6) is 0 Å². The molecule has 0 bridgehead atoms. The molecular formula is C25H22FN3O2S. The molecule has 0 aromatic heterocycles. The number of hydrazone groups is 1. The van der Waals surface area contributed by atoms with Gasteiger partial charge in [-0.25, -0.2) is 9.82 Å². The standard InChI is InChI=1S/C25H22FN3O2S/c26-22-12-6-19(7-13-22)16-27-28-24(31)20-8-10-21(11-9-20)25-29(23(30)17-32-25)15-14-18-4-2-1-3-5-18/h1-13,16,25H,14-15,17H2,(H,28,31)/b27-16-/t25-/m0/s1. The Morgan fingerprint density at radius 2 is 1.78 bits per heavy atom. The summed E-state index contributed by atoms with van der Waals surface area (Å²) >= 11 is 1.60. The molecule has 0 spiro atoms. The van der Waals surface area contributed by atoms with Crippen LogP contribution < -0.4 is 5.43 Å². The van der Waals surface area contributed by atoms with Gasteiger partial charge in [0.15, 0.2) is 0 Å². The van der Waals surface area contributed by atoms with Gasteiger partial charge in [0.25, 0.3) is 5.91 Å². The van der Waals surface area contributed by atoms with Crippen LogP contribution in [0.1, 0.15) is 32.4 Å². The number of carbonyl (C=O) groups is 2. The second kappa shape index (κ2) is 10.2. The second-order valence-corrected chi connectivity index (χ2v) is 8.43. The molecule has 1 aliphatic rings. The number of nitrogens with one attached hydrogen (secondary N) is 1. The second-order valence-electron chi connectivity index (χ2n) is 7.36. The van der Waals surface area contributed by atoms with Crippen LogP contribution in [0.15, 0.2) is 84.0 Å². The van der Waals surface area contributed by atoms with Crippen molar-refractivity contribution in [3.8, 4) is 0 Å². The zero-order valence-electron chi connectivity index (χ0n) is 17.3. The first-order valence-corrected chi connectivity index (χ1v) is 11.3. The molecule has 7 heteroatoms. The molecule has 3 aromatic rings. The lowest BCUT2D eigenvalue weighted by atomic mass is 10.1. The van der Waals surface area contributed by atoms with Crippen molar-refractivity contribution >= 4 is 29.8 Å². The third-order valence-corrected chi connectivity index (χ3v) is 6.42. The third-order valence-electron chi connectivity index (χ3n) is 5.16. The van der Waals surface area contributed by atoms with Crippen molar-refractivity contribution in [3.63, 3.8) is 0 Å². The lowest BCUT2D eigenvalue weighted by Gasteiger charge is -2.24. The average molecular weight is 448 g/mol. The van der Waals surface area contributed by atoms with Crippen LogP contribution in [-0.2, 0) is 11.2 Å². The first-order chi connectivity index (χ1) is 15.6. The summed E-state index contributed by atoms with van der Waals surface area (Å²) in [7, 11) is 0. The van der Waals surface area contributed by atoms with Crippen LogP contribution in [0.3, 0.4) is 0 Å². The molecule has 1 heterocycles. The minimum Gasteiger partial charge on any atom is -0.326 e. The molecule has 4 rings (SSSR count). The van der Waals surface area contributed by atoms with Gasteiger partial charge < -0.3 is 4.90 Å². The number of amides is 2. The normalized spacial score (nSPS) is 16.0. The van der Waals surface area contributed by atoms with Gasteiger partial charge in [-0.05, 0) is 47.4 Å². The molecule has 162 valence electrons. The van der Waals surface area contributed by atoms with Crippen LogP contribution in [0.4, 0.5) is 4.39 Å². The Bertz CT molecular complexity index is 1100. The van der Waals surface area contributed by atoms with Crippen molar-refractivity contribution in [2.24, 2.45) is 5.10 Å². The fourth-order valence-corrected chi connectivity index (χ4v) is 4.66. The van der Waals surface area contributed by atoms with Crippen LogP contribution >= 0.6 is 11.8 Å². The van der Waals surface area contributed by atoms with Crippen molar-refractivity contribution in [2.75, 3.05) is 12.3 Å². The van der Waals surface area contributed by atoms with Crippen LogP contribution in [0.2, 0.25) is 0 Å². The van der Waals surface area contributed by atoms with E-state index < -0.39 is 0 Å². The Hall–Kier alpha value is -3.45. The molecule has 1 fully saturated rings. The predicted octanol–water partition coefficient (Wildman–Crippen LogP) is 4.41. The number of carbonyl (C=O) groups excluding carboxylic acids is 2. The number of hydrogen-bond acceptors (Lipinski definition) is 4. The highest BCUT2D eigenvalue weighted by Crippen LogP contribution is 2.38. The Kier molecular flexibility index (Phi) is 6.97. The molecule has 0 aliphatic carbocycles.